The number of rotatable bonds is 3. The minimum Gasteiger partial charge on any atom is -0.469 e. The van der Waals surface area contributed by atoms with Gasteiger partial charge in [0.05, 0.1) is 7.11 Å². The largest absolute Gasteiger partial charge is 0.469 e. The van der Waals surface area contributed by atoms with Crippen LogP contribution in [0.2, 0.25) is 0 Å². The quantitative estimate of drug-likeness (QED) is 0.701. The fraction of sp³-hybridized carbons (Fsp3) is 0.909. The molecule has 0 aliphatic carbocycles. The third-order valence-electron chi connectivity index (χ3n) is 3.76. The molecule has 0 radical (unpaired) electrons. The van der Waals surface area contributed by atoms with E-state index in [4.69, 9.17) is 0 Å². The van der Waals surface area contributed by atoms with Crippen LogP contribution in [-0.4, -0.2) is 25.7 Å². The second kappa shape index (κ2) is 4.30. The van der Waals surface area contributed by atoms with Crippen molar-refractivity contribution in [2.45, 2.75) is 39.7 Å². The Kier molecular flexibility index (Phi) is 3.53. The van der Waals surface area contributed by atoms with E-state index in [2.05, 4.69) is 30.8 Å². The van der Waals surface area contributed by atoms with Gasteiger partial charge in [-0.3, -0.25) is 4.79 Å². The second-order valence-corrected chi connectivity index (χ2v) is 4.76. The van der Waals surface area contributed by atoms with Crippen molar-refractivity contribution in [2.75, 3.05) is 13.7 Å². The molecule has 1 N–H and O–H groups in total. The van der Waals surface area contributed by atoms with Crippen molar-refractivity contribution in [3.63, 3.8) is 0 Å². The van der Waals surface area contributed by atoms with Crippen LogP contribution in [0.15, 0.2) is 0 Å². The molecule has 1 aliphatic heterocycles. The number of hydrogen-bond acceptors (Lipinski definition) is 3. The van der Waals surface area contributed by atoms with Crippen molar-refractivity contribution in [1.29, 1.82) is 0 Å². The Labute approximate surface area is 86.2 Å². The average Bonchev–Trinajstić information content (AvgIpc) is 2.39. The maximum Gasteiger partial charge on any atom is 0.305 e. The molecule has 1 fully saturated rings. The third-order valence-corrected chi connectivity index (χ3v) is 3.76. The lowest BCUT2D eigenvalue weighted by Gasteiger charge is -2.29. The summed E-state index contributed by atoms with van der Waals surface area (Å²) >= 11 is 0. The lowest BCUT2D eigenvalue weighted by molar-refractivity contribution is -0.141. The summed E-state index contributed by atoms with van der Waals surface area (Å²) < 4.78 is 4.65. The third kappa shape index (κ3) is 2.27. The van der Waals surface area contributed by atoms with E-state index in [1.165, 1.54) is 7.11 Å². The Morgan fingerprint density at radius 2 is 2.21 bits per heavy atom. The topological polar surface area (TPSA) is 38.3 Å². The van der Waals surface area contributed by atoms with E-state index in [0.29, 0.717) is 18.4 Å². The summed E-state index contributed by atoms with van der Waals surface area (Å²) in [5.41, 5.74) is 0.286. The van der Waals surface area contributed by atoms with E-state index in [9.17, 15) is 4.79 Å². The molecule has 82 valence electrons. The van der Waals surface area contributed by atoms with Crippen LogP contribution in [0.5, 0.6) is 0 Å². The standard InChI is InChI=1S/C11H21NO2/c1-8-11(2,3)9(7-12-8)5-6-10(13)14-4/h8-9,12H,5-7H2,1-4H3. The highest BCUT2D eigenvalue weighted by Gasteiger charge is 2.39. The highest BCUT2D eigenvalue weighted by atomic mass is 16.5. The zero-order valence-corrected chi connectivity index (χ0v) is 9.59. The Bertz CT molecular complexity index is 213. The first-order valence-corrected chi connectivity index (χ1v) is 5.28. The average molecular weight is 199 g/mol. The molecule has 3 heteroatoms. The first-order chi connectivity index (χ1) is 6.48. The molecule has 0 amide bonds. The van der Waals surface area contributed by atoms with Gasteiger partial charge in [0.2, 0.25) is 0 Å². The molecule has 1 heterocycles. The molecule has 2 atom stereocenters. The molecule has 0 aromatic heterocycles. The second-order valence-electron chi connectivity index (χ2n) is 4.76. The number of esters is 1. The lowest BCUT2D eigenvalue weighted by atomic mass is 9.75. The molecule has 3 nitrogen and oxygen atoms in total. The molecule has 0 bridgehead atoms. The van der Waals surface area contributed by atoms with E-state index in [1.54, 1.807) is 0 Å². The Morgan fingerprint density at radius 1 is 1.57 bits per heavy atom. The molecule has 2 unspecified atom stereocenters. The lowest BCUT2D eigenvalue weighted by Crippen LogP contribution is -2.31. The number of methoxy groups -OCH3 is 1. The van der Waals surface area contributed by atoms with E-state index in [-0.39, 0.29) is 11.4 Å². The Morgan fingerprint density at radius 3 is 2.64 bits per heavy atom. The van der Waals surface area contributed by atoms with Crippen molar-refractivity contribution < 1.29 is 9.53 Å². The normalized spacial score (nSPS) is 30.3. The van der Waals surface area contributed by atoms with Crippen LogP contribution in [0.25, 0.3) is 0 Å². The van der Waals surface area contributed by atoms with Crippen molar-refractivity contribution in [2.24, 2.45) is 11.3 Å². The minimum atomic E-state index is -0.0969. The van der Waals surface area contributed by atoms with Crippen LogP contribution < -0.4 is 5.32 Å². The van der Waals surface area contributed by atoms with Crippen molar-refractivity contribution in [3.8, 4) is 0 Å². The number of hydrogen-bond donors (Lipinski definition) is 1. The van der Waals surface area contributed by atoms with Crippen molar-refractivity contribution >= 4 is 5.97 Å². The van der Waals surface area contributed by atoms with Crippen LogP contribution in [0.1, 0.15) is 33.6 Å². The minimum absolute atomic E-state index is 0.0969. The first-order valence-electron chi connectivity index (χ1n) is 5.28. The van der Waals surface area contributed by atoms with E-state index < -0.39 is 0 Å². The number of carbonyl (C=O) groups is 1. The molecule has 0 aromatic rings. The van der Waals surface area contributed by atoms with Crippen LogP contribution >= 0.6 is 0 Å². The zero-order chi connectivity index (χ0) is 10.8. The summed E-state index contributed by atoms with van der Waals surface area (Å²) in [5.74, 6) is 0.483. The van der Waals surface area contributed by atoms with Gasteiger partial charge in [-0.2, -0.15) is 0 Å². The summed E-state index contributed by atoms with van der Waals surface area (Å²) in [6, 6.07) is 0.533. The zero-order valence-electron chi connectivity index (χ0n) is 9.59. The van der Waals surface area contributed by atoms with Gasteiger partial charge in [0.1, 0.15) is 0 Å². The van der Waals surface area contributed by atoms with Crippen molar-refractivity contribution in [1.82, 2.24) is 5.32 Å². The van der Waals surface area contributed by atoms with Crippen LogP contribution in [0.4, 0.5) is 0 Å². The van der Waals surface area contributed by atoms with Gasteiger partial charge >= 0.3 is 5.97 Å². The molecule has 0 saturated carbocycles. The summed E-state index contributed by atoms with van der Waals surface area (Å²) in [4.78, 5) is 11.0. The summed E-state index contributed by atoms with van der Waals surface area (Å²) in [6.07, 6.45) is 1.47. The van der Waals surface area contributed by atoms with Gasteiger partial charge in [-0.1, -0.05) is 13.8 Å². The predicted octanol–water partition coefficient (Wildman–Crippen LogP) is 1.57. The van der Waals surface area contributed by atoms with Gasteiger partial charge in [0.25, 0.3) is 0 Å². The van der Waals surface area contributed by atoms with E-state index >= 15 is 0 Å². The molecular weight excluding hydrogens is 178 g/mol. The Hall–Kier alpha value is -0.570. The van der Waals surface area contributed by atoms with Crippen molar-refractivity contribution in [3.05, 3.63) is 0 Å². The molecule has 0 aromatic carbocycles. The summed E-state index contributed by atoms with van der Waals surface area (Å²) in [7, 11) is 1.45. The van der Waals surface area contributed by atoms with Gasteiger partial charge in [0.15, 0.2) is 0 Å². The van der Waals surface area contributed by atoms with Gasteiger partial charge in [-0.25, -0.2) is 0 Å². The summed E-state index contributed by atoms with van der Waals surface area (Å²) in [6.45, 7) is 7.75. The Balaban J connectivity index is 2.42. The molecule has 1 aliphatic rings. The monoisotopic (exact) mass is 199 g/mol. The molecule has 14 heavy (non-hydrogen) atoms. The van der Waals surface area contributed by atoms with E-state index in [1.807, 2.05) is 0 Å². The number of nitrogens with one attached hydrogen (secondary N) is 1. The number of ether oxygens (including phenoxy) is 1. The maximum atomic E-state index is 11.0. The van der Waals surface area contributed by atoms with Crippen LogP contribution in [0, 0.1) is 11.3 Å². The first kappa shape index (κ1) is 11.5. The fourth-order valence-electron chi connectivity index (χ4n) is 2.07. The van der Waals surface area contributed by atoms with Crippen LogP contribution in [-0.2, 0) is 9.53 Å². The van der Waals surface area contributed by atoms with Gasteiger partial charge in [-0.05, 0) is 31.2 Å². The molecule has 1 saturated heterocycles. The molecule has 0 spiro atoms. The highest BCUT2D eigenvalue weighted by molar-refractivity contribution is 5.69. The maximum absolute atomic E-state index is 11.0. The fourth-order valence-corrected chi connectivity index (χ4v) is 2.07. The smallest absolute Gasteiger partial charge is 0.305 e. The van der Waals surface area contributed by atoms with Gasteiger partial charge in [-0.15, -0.1) is 0 Å². The van der Waals surface area contributed by atoms with Gasteiger partial charge in [0, 0.05) is 12.5 Å². The predicted molar refractivity (Wildman–Crippen MR) is 56.0 cm³/mol. The van der Waals surface area contributed by atoms with Gasteiger partial charge < -0.3 is 10.1 Å². The SMILES string of the molecule is COC(=O)CCC1CNC(C)C1(C)C. The highest BCUT2D eigenvalue weighted by Crippen LogP contribution is 2.37. The molecule has 1 rings (SSSR count). The summed E-state index contributed by atoms with van der Waals surface area (Å²) in [5, 5.41) is 3.45. The molecular formula is C11H21NO2. The number of carbonyl (C=O) groups excluding carboxylic acids is 1. The van der Waals surface area contributed by atoms with Crippen LogP contribution in [0.3, 0.4) is 0 Å². The van der Waals surface area contributed by atoms with E-state index in [0.717, 1.165) is 13.0 Å².